The van der Waals surface area contributed by atoms with Crippen molar-refractivity contribution in [3.8, 4) is 0 Å². The van der Waals surface area contributed by atoms with Gasteiger partial charge in [-0.05, 0) is 31.5 Å². The molecule has 4 nitrogen and oxygen atoms in total. The summed E-state index contributed by atoms with van der Waals surface area (Å²) < 4.78 is 65.9. The van der Waals surface area contributed by atoms with E-state index in [-0.39, 0.29) is 25.0 Å². The van der Waals surface area contributed by atoms with Gasteiger partial charge in [0.2, 0.25) is 10.0 Å². The Kier molecular flexibility index (Phi) is 6.66. The van der Waals surface area contributed by atoms with Gasteiger partial charge in [0.25, 0.3) is 0 Å². The zero-order valence-electron chi connectivity index (χ0n) is 12.0. The third kappa shape index (κ3) is 3.73. The highest BCUT2D eigenvalue weighted by molar-refractivity contribution is 7.89. The molecule has 22 heavy (non-hydrogen) atoms. The average Bonchev–Trinajstić information content (AvgIpc) is 2.95. The molecule has 1 fully saturated rings. The lowest BCUT2D eigenvalue weighted by atomic mass is 10.2. The second-order valence-corrected chi connectivity index (χ2v) is 6.85. The van der Waals surface area contributed by atoms with E-state index < -0.39 is 32.4 Å². The van der Waals surface area contributed by atoms with E-state index in [9.17, 15) is 21.6 Å². The molecule has 1 heterocycles. The number of halogens is 4. The minimum Gasteiger partial charge on any atom is -0.315 e. The SMILES string of the molecule is CCCN(C1CCNC1)S(=O)(=O)c1cc(F)c(F)c(F)c1.Cl. The van der Waals surface area contributed by atoms with Gasteiger partial charge in [-0.1, -0.05) is 6.92 Å². The molecule has 1 aromatic carbocycles. The summed E-state index contributed by atoms with van der Waals surface area (Å²) in [6, 6.07) is 0.795. The second kappa shape index (κ2) is 7.63. The topological polar surface area (TPSA) is 49.4 Å². The van der Waals surface area contributed by atoms with Gasteiger partial charge in [0.05, 0.1) is 4.90 Å². The summed E-state index contributed by atoms with van der Waals surface area (Å²) in [5.41, 5.74) is 0. The molecule has 1 saturated heterocycles. The van der Waals surface area contributed by atoms with Gasteiger partial charge in [0.15, 0.2) is 17.5 Å². The van der Waals surface area contributed by atoms with Crippen molar-refractivity contribution in [3.05, 3.63) is 29.6 Å². The van der Waals surface area contributed by atoms with Crippen molar-refractivity contribution in [1.82, 2.24) is 9.62 Å². The van der Waals surface area contributed by atoms with E-state index in [2.05, 4.69) is 5.32 Å². The lowest BCUT2D eigenvalue weighted by molar-refractivity contribution is 0.334. The molecule has 0 amide bonds. The fourth-order valence-electron chi connectivity index (χ4n) is 2.42. The quantitative estimate of drug-likeness (QED) is 0.822. The van der Waals surface area contributed by atoms with Crippen molar-refractivity contribution in [2.24, 2.45) is 0 Å². The van der Waals surface area contributed by atoms with Gasteiger partial charge in [-0.15, -0.1) is 12.4 Å². The Morgan fingerprint density at radius 2 is 1.86 bits per heavy atom. The van der Waals surface area contributed by atoms with Crippen LogP contribution in [0.1, 0.15) is 19.8 Å². The van der Waals surface area contributed by atoms with Gasteiger partial charge in [-0.3, -0.25) is 0 Å². The van der Waals surface area contributed by atoms with Crippen molar-refractivity contribution < 1.29 is 21.6 Å². The van der Waals surface area contributed by atoms with Crippen LogP contribution in [0.25, 0.3) is 0 Å². The van der Waals surface area contributed by atoms with Gasteiger partial charge >= 0.3 is 0 Å². The van der Waals surface area contributed by atoms with Crippen LogP contribution >= 0.6 is 12.4 Å². The highest BCUT2D eigenvalue weighted by Gasteiger charge is 2.33. The first-order valence-corrected chi connectivity index (χ1v) is 8.19. The Bertz CT molecular complexity index is 599. The molecule has 0 aromatic heterocycles. The van der Waals surface area contributed by atoms with Gasteiger partial charge < -0.3 is 5.32 Å². The zero-order valence-corrected chi connectivity index (χ0v) is 13.6. The van der Waals surface area contributed by atoms with Crippen molar-refractivity contribution in [2.75, 3.05) is 19.6 Å². The molecule has 0 bridgehead atoms. The molecule has 9 heteroatoms. The highest BCUT2D eigenvalue weighted by Crippen LogP contribution is 2.24. The van der Waals surface area contributed by atoms with Gasteiger partial charge in [-0.2, -0.15) is 4.31 Å². The summed E-state index contributed by atoms with van der Waals surface area (Å²) >= 11 is 0. The van der Waals surface area contributed by atoms with Crippen LogP contribution in [0.5, 0.6) is 0 Å². The van der Waals surface area contributed by atoms with Crippen molar-refractivity contribution >= 4 is 22.4 Å². The van der Waals surface area contributed by atoms with Crippen molar-refractivity contribution in [3.63, 3.8) is 0 Å². The first-order valence-electron chi connectivity index (χ1n) is 6.75. The summed E-state index contributed by atoms with van der Waals surface area (Å²) in [6.45, 7) is 3.24. The monoisotopic (exact) mass is 358 g/mol. The highest BCUT2D eigenvalue weighted by atomic mass is 35.5. The average molecular weight is 359 g/mol. The molecule has 126 valence electrons. The summed E-state index contributed by atoms with van der Waals surface area (Å²) in [5, 5.41) is 3.05. The van der Waals surface area contributed by atoms with E-state index in [0.29, 0.717) is 38.1 Å². The molecule has 1 aliphatic rings. The predicted octanol–water partition coefficient (Wildman–Crippen LogP) is 2.29. The van der Waals surface area contributed by atoms with Crippen molar-refractivity contribution in [1.29, 1.82) is 0 Å². The van der Waals surface area contributed by atoms with E-state index >= 15 is 0 Å². The first-order chi connectivity index (χ1) is 9.87. The van der Waals surface area contributed by atoms with Gasteiger partial charge in [0, 0.05) is 19.1 Å². The van der Waals surface area contributed by atoms with Crippen LogP contribution in [0.2, 0.25) is 0 Å². The Labute approximate surface area is 134 Å². The number of benzene rings is 1. The smallest absolute Gasteiger partial charge is 0.243 e. The van der Waals surface area contributed by atoms with Crippen LogP contribution in [-0.2, 0) is 10.0 Å². The number of nitrogens with zero attached hydrogens (tertiary/aromatic N) is 1. The molecule has 1 N–H and O–H groups in total. The fraction of sp³-hybridized carbons (Fsp3) is 0.538. The van der Waals surface area contributed by atoms with Crippen molar-refractivity contribution in [2.45, 2.75) is 30.7 Å². The van der Waals surface area contributed by atoms with Crippen LogP contribution in [-0.4, -0.2) is 38.4 Å². The van der Waals surface area contributed by atoms with Crippen LogP contribution in [0.4, 0.5) is 13.2 Å². The minimum atomic E-state index is -4.06. The largest absolute Gasteiger partial charge is 0.315 e. The maximum atomic E-state index is 13.3. The maximum Gasteiger partial charge on any atom is 0.243 e. The molecular formula is C13H18ClF3N2O2S. The lowest BCUT2D eigenvalue weighted by Crippen LogP contribution is -2.42. The Balaban J connectivity index is 0.00000242. The Hall–Kier alpha value is -0.830. The fourth-order valence-corrected chi connectivity index (χ4v) is 4.19. The minimum absolute atomic E-state index is 0. The summed E-state index contributed by atoms with van der Waals surface area (Å²) in [4.78, 5) is -0.556. The van der Waals surface area contributed by atoms with E-state index in [1.807, 2.05) is 6.92 Å². The summed E-state index contributed by atoms with van der Waals surface area (Å²) in [5.74, 6) is -4.68. The maximum absolute atomic E-state index is 13.3. The standard InChI is InChI=1S/C13H17F3N2O2S.ClH/c1-2-5-18(9-3-4-17-8-9)21(19,20)10-6-11(14)13(16)12(15)7-10;/h6-7,9,17H,2-5,8H2,1H3;1H. The van der Waals surface area contributed by atoms with Gasteiger partial charge in [0.1, 0.15) is 0 Å². The van der Waals surface area contributed by atoms with E-state index in [4.69, 9.17) is 0 Å². The van der Waals surface area contributed by atoms with E-state index in [1.54, 1.807) is 0 Å². The third-order valence-corrected chi connectivity index (χ3v) is 5.38. The third-order valence-electron chi connectivity index (χ3n) is 3.45. The predicted molar refractivity (Wildman–Crippen MR) is 79.0 cm³/mol. The molecular weight excluding hydrogens is 341 g/mol. The Morgan fingerprint density at radius 1 is 1.27 bits per heavy atom. The van der Waals surface area contributed by atoms with Gasteiger partial charge in [-0.25, -0.2) is 21.6 Å². The molecule has 1 unspecified atom stereocenters. The van der Waals surface area contributed by atoms with Crippen LogP contribution in [0.15, 0.2) is 17.0 Å². The first kappa shape index (κ1) is 19.2. The molecule has 1 aromatic rings. The zero-order chi connectivity index (χ0) is 15.6. The van der Waals surface area contributed by atoms with Crippen LogP contribution in [0.3, 0.4) is 0 Å². The normalized spacial score (nSPS) is 18.5. The molecule has 0 radical (unpaired) electrons. The molecule has 1 atom stereocenters. The molecule has 0 aliphatic carbocycles. The van der Waals surface area contributed by atoms with Crippen LogP contribution in [0, 0.1) is 17.5 Å². The Morgan fingerprint density at radius 3 is 2.32 bits per heavy atom. The molecule has 2 rings (SSSR count). The van der Waals surface area contributed by atoms with E-state index in [1.165, 1.54) is 4.31 Å². The number of rotatable bonds is 5. The summed E-state index contributed by atoms with van der Waals surface area (Å²) in [6.07, 6.45) is 1.20. The number of hydrogen-bond acceptors (Lipinski definition) is 3. The van der Waals surface area contributed by atoms with E-state index in [0.717, 1.165) is 0 Å². The second-order valence-electron chi connectivity index (χ2n) is 4.96. The number of nitrogens with one attached hydrogen (secondary N) is 1. The van der Waals surface area contributed by atoms with Crippen LogP contribution < -0.4 is 5.32 Å². The molecule has 1 aliphatic heterocycles. The molecule has 0 saturated carbocycles. The lowest BCUT2D eigenvalue weighted by Gasteiger charge is -2.27. The summed E-state index contributed by atoms with van der Waals surface area (Å²) in [7, 11) is -4.06. The number of hydrogen-bond donors (Lipinski definition) is 1. The number of sulfonamides is 1. The molecule has 0 spiro atoms.